The van der Waals surface area contributed by atoms with Gasteiger partial charge >= 0.3 is 0 Å². The number of rotatable bonds is 3. The van der Waals surface area contributed by atoms with Crippen molar-refractivity contribution >= 4 is 23.2 Å². The molecule has 1 aromatic carbocycles. The smallest absolute Gasteiger partial charge is 0.255 e. The monoisotopic (exact) mass is 338 g/mol. The minimum atomic E-state index is -0.145. The summed E-state index contributed by atoms with van der Waals surface area (Å²) >= 11 is 0. The highest BCUT2D eigenvalue weighted by Crippen LogP contribution is 2.31. The number of carbonyl (C=O) groups is 2. The summed E-state index contributed by atoms with van der Waals surface area (Å²) in [5.74, 6) is -0.117. The number of carbonyl (C=O) groups excluding carboxylic acids is 2. The number of anilines is 2. The van der Waals surface area contributed by atoms with Crippen LogP contribution in [0.3, 0.4) is 0 Å². The highest BCUT2D eigenvalue weighted by Gasteiger charge is 2.22. The molecule has 1 aromatic heterocycles. The molecule has 0 spiro atoms. The molecule has 2 aromatic rings. The van der Waals surface area contributed by atoms with Crippen molar-refractivity contribution in [2.24, 2.45) is 0 Å². The van der Waals surface area contributed by atoms with E-state index in [1.807, 2.05) is 17.7 Å². The molecule has 2 N–H and O–H groups in total. The van der Waals surface area contributed by atoms with Crippen LogP contribution in [0.4, 0.5) is 11.4 Å². The van der Waals surface area contributed by atoms with E-state index in [1.165, 1.54) is 12.8 Å². The van der Waals surface area contributed by atoms with Gasteiger partial charge in [-0.25, -0.2) is 0 Å². The van der Waals surface area contributed by atoms with E-state index in [4.69, 9.17) is 0 Å². The van der Waals surface area contributed by atoms with Crippen LogP contribution in [-0.2, 0) is 11.2 Å². The minimum Gasteiger partial charge on any atom is -0.326 e. The molecule has 4 rings (SSSR count). The molecule has 6 nitrogen and oxygen atoms in total. The van der Waals surface area contributed by atoms with Gasteiger partial charge in [-0.05, 0) is 49.9 Å². The summed E-state index contributed by atoms with van der Waals surface area (Å²) in [4.78, 5) is 24.0. The maximum atomic E-state index is 12.6. The largest absolute Gasteiger partial charge is 0.326 e. The van der Waals surface area contributed by atoms with Crippen molar-refractivity contribution in [3.05, 3.63) is 41.2 Å². The number of fused-ring (bicyclic) bond motifs is 1. The Morgan fingerprint density at radius 2 is 2.08 bits per heavy atom. The summed E-state index contributed by atoms with van der Waals surface area (Å²) in [6.45, 7) is 2.00. The van der Waals surface area contributed by atoms with Gasteiger partial charge in [0.15, 0.2) is 0 Å². The van der Waals surface area contributed by atoms with E-state index in [0.717, 1.165) is 35.5 Å². The van der Waals surface area contributed by atoms with Gasteiger partial charge in [0.2, 0.25) is 5.91 Å². The van der Waals surface area contributed by atoms with Crippen molar-refractivity contribution in [1.82, 2.24) is 9.78 Å². The zero-order valence-electron chi connectivity index (χ0n) is 14.3. The van der Waals surface area contributed by atoms with Crippen molar-refractivity contribution in [2.45, 2.75) is 51.5 Å². The molecule has 2 aliphatic rings. The molecule has 2 amide bonds. The molecular weight excluding hydrogens is 316 g/mol. The zero-order chi connectivity index (χ0) is 17.4. The van der Waals surface area contributed by atoms with Gasteiger partial charge in [-0.2, -0.15) is 5.10 Å². The van der Waals surface area contributed by atoms with E-state index < -0.39 is 0 Å². The third kappa shape index (κ3) is 3.04. The van der Waals surface area contributed by atoms with E-state index >= 15 is 0 Å². The molecule has 0 atom stereocenters. The van der Waals surface area contributed by atoms with Crippen molar-refractivity contribution in [2.75, 3.05) is 10.6 Å². The quantitative estimate of drug-likeness (QED) is 0.900. The van der Waals surface area contributed by atoms with Gasteiger partial charge in [-0.3, -0.25) is 14.3 Å². The fraction of sp³-hybridized carbons (Fsp3) is 0.421. The summed E-state index contributed by atoms with van der Waals surface area (Å²) < 4.78 is 2.05. The second-order valence-electron chi connectivity index (χ2n) is 6.90. The molecule has 1 aliphatic heterocycles. The Kier molecular flexibility index (Phi) is 4.03. The number of aromatic nitrogens is 2. The van der Waals surface area contributed by atoms with Gasteiger partial charge < -0.3 is 10.6 Å². The van der Waals surface area contributed by atoms with Crippen LogP contribution < -0.4 is 10.6 Å². The van der Waals surface area contributed by atoms with Crippen LogP contribution in [0.1, 0.15) is 59.8 Å². The fourth-order valence-corrected chi connectivity index (χ4v) is 3.78. The molecule has 1 saturated carbocycles. The summed E-state index contributed by atoms with van der Waals surface area (Å²) in [5, 5.41) is 10.3. The van der Waals surface area contributed by atoms with Gasteiger partial charge in [0.25, 0.3) is 5.91 Å². The molecule has 0 unspecified atom stereocenters. The summed E-state index contributed by atoms with van der Waals surface area (Å²) in [6, 6.07) is 5.87. The Bertz CT molecular complexity index is 834. The topological polar surface area (TPSA) is 76.0 Å². The second-order valence-corrected chi connectivity index (χ2v) is 6.90. The number of nitrogens with zero attached hydrogens (tertiary/aromatic N) is 2. The van der Waals surface area contributed by atoms with Crippen LogP contribution in [0.2, 0.25) is 0 Å². The van der Waals surface area contributed by atoms with Crippen molar-refractivity contribution < 1.29 is 9.59 Å². The van der Waals surface area contributed by atoms with Crippen LogP contribution in [0, 0.1) is 6.92 Å². The molecule has 6 heteroatoms. The summed E-state index contributed by atoms with van der Waals surface area (Å²) in [7, 11) is 0. The molecule has 1 fully saturated rings. The molecule has 0 saturated heterocycles. The Labute approximate surface area is 146 Å². The molecule has 0 bridgehead atoms. The number of amides is 2. The molecule has 0 radical (unpaired) electrons. The standard InChI is InChI=1S/C19H22N4O2/c1-12-17(11-20-23(12)15-4-2-3-5-15)22-19(25)14-6-8-16-13(10-14)7-9-18(24)21-16/h6,8,10-11,15H,2-5,7,9H2,1H3,(H,21,24)(H,22,25). The van der Waals surface area contributed by atoms with Crippen molar-refractivity contribution in [3.8, 4) is 0 Å². The van der Waals surface area contributed by atoms with Gasteiger partial charge in [0.1, 0.15) is 0 Å². The van der Waals surface area contributed by atoms with E-state index in [0.29, 0.717) is 24.4 Å². The third-order valence-corrected chi connectivity index (χ3v) is 5.23. The first-order valence-corrected chi connectivity index (χ1v) is 8.90. The van der Waals surface area contributed by atoms with Crippen LogP contribution in [0.25, 0.3) is 0 Å². The normalized spacial score (nSPS) is 17.2. The third-order valence-electron chi connectivity index (χ3n) is 5.23. The van der Waals surface area contributed by atoms with E-state index in [1.54, 1.807) is 18.3 Å². The lowest BCUT2D eigenvalue weighted by molar-refractivity contribution is -0.116. The summed E-state index contributed by atoms with van der Waals surface area (Å²) in [5.41, 5.74) is 4.18. The Morgan fingerprint density at radius 3 is 2.88 bits per heavy atom. The average Bonchev–Trinajstić information content (AvgIpc) is 3.25. The second kappa shape index (κ2) is 6.35. The fourth-order valence-electron chi connectivity index (χ4n) is 3.78. The van der Waals surface area contributed by atoms with Gasteiger partial charge in [-0.1, -0.05) is 12.8 Å². The molecule has 1 aliphatic carbocycles. The van der Waals surface area contributed by atoms with Crippen LogP contribution in [0.5, 0.6) is 0 Å². The highest BCUT2D eigenvalue weighted by atomic mass is 16.2. The van der Waals surface area contributed by atoms with E-state index in [2.05, 4.69) is 15.7 Å². The molecule has 2 heterocycles. The lowest BCUT2D eigenvalue weighted by Gasteiger charge is -2.17. The number of hydrogen-bond donors (Lipinski definition) is 2. The van der Waals surface area contributed by atoms with Crippen LogP contribution in [0.15, 0.2) is 24.4 Å². The number of benzene rings is 1. The molecule has 25 heavy (non-hydrogen) atoms. The first-order chi connectivity index (χ1) is 12.1. The van der Waals surface area contributed by atoms with Crippen molar-refractivity contribution in [1.29, 1.82) is 0 Å². The Morgan fingerprint density at radius 1 is 1.28 bits per heavy atom. The van der Waals surface area contributed by atoms with Gasteiger partial charge in [-0.15, -0.1) is 0 Å². The van der Waals surface area contributed by atoms with Crippen molar-refractivity contribution in [3.63, 3.8) is 0 Å². The Hall–Kier alpha value is -2.63. The molecular formula is C19H22N4O2. The van der Waals surface area contributed by atoms with Gasteiger partial charge in [0.05, 0.1) is 23.6 Å². The average molecular weight is 338 g/mol. The predicted molar refractivity (Wildman–Crippen MR) is 95.8 cm³/mol. The van der Waals surface area contributed by atoms with E-state index in [9.17, 15) is 9.59 Å². The van der Waals surface area contributed by atoms with E-state index in [-0.39, 0.29) is 11.8 Å². The minimum absolute atomic E-state index is 0.0275. The Balaban J connectivity index is 1.52. The SMILES string of the molecule is Cc1c(NC(=O)c2ccc3c(c2)CCC(=O)N3)cnn1C1CCCC1. The first-order valence-electron chi connectivity index (χ1n) is 8.90. The first kappa shape index (κ1) is 15.9. The lowest BCUT2D eigenvalue weighted by atomic mass is 10.00. The highest BCUT2D eigenvalue weighted by molar-refractivity contribution is 6.05. The lowest BCUT2D eigenvalue weighted by Crippen LogP contribution is -2.20. The number of aryl methyl sites for hydroxylation is 1. The summed E-state index contributed by atoms with van der Waals surface area (Å²) in [6.07, 6.45) is 7.68. The zero-order valence-corrected chi connectivity index (χ0v) is 14.3. The van der Waals surface area contributed by atoms with Crippen LogP contribution in [-0.4, -0.2) is 21.6 Å². The maximum Gasteiger partial charge on any atom is 0.255 e. The molecule has 130 valence electrons. The maximum absolute atomic E-state index is 12.6. The van der Waals surface area contributed by atoms with Gasteiger partial charge in [0, 0.05) is 17.7 Å². The number of nitrogens with one attached hydrogen (secondary N) is 2. The predicted octanol–water partition coefficient (Wildman–Crippen LogP) is 3.44. The van der Waals surface area contributed by atoms with Crippen LogP contribution >= 0.6 is 0 Å². The number of hydrogen-bond acceptors (Lipinski definition) is 3.